The molecule has 1 N–H and O–H groups in total. The summed E-state index contributed by atoms with van der Waals surface area (Å²) in [5.74, 6) is 4.19. The molecule has 0 radical (unpaired) electrons. The van der Waals surface area contributed by atoms with E-state index in [0.29, 0.717) is 29.1 Å². The van der Waals surface area contributed by atoms with Gasteiger partial charge in [0.15, 0.2) is 0 Å². The maximum absolute atomic E-state index is 11.6. The second-order valence-electron chi connectivity index (χ2n) is 14.0. The fourth-order valence-electron chi connectivity index (χ4n) is 9.55. The number of nitro groups is 2. The Morgan fingerprint density at radius 3 is 2.55 bits per heavy atom. The van der Waals surface area contributed by atoms with Crippen molar-refractivity contribution in [3.63, 3.8) is 0 Å². The summed E-state index contributed by atoms with van der Waals surface area (Å²) in [6.45, 7) is 9.72. The van der Waals surface area contributed by atoms with Crippen LogP contribution in [0.1, 0.15) is 91.9 Å². The van der Waals surface area contributed by atoms with Gasteiger partial charge in [0, 0.05) is 18.2 Å². The molecule has 0 heterocycles. The molecule has 0 aromatic heterocycles. The van der Waals surface area contributed by atoms with Gasteiger partial charge in [-0.15, -0.1) is 0 Å². The average Bonchev–Trinajstić information content (AvgIpc) is 3.37. The van der Waals surface area contributed by atoms with Crippen LogP contribution in [0, 0.1) is 72.5 Å². The summed E-state index contributed by atoms with van der Waals surface area (Å²) in [6.07, 6.45) is 19.7. The number of nitrogens with zero attached hydrogens (tertiary/aromatic N) is 3. The van der Waals surface area contributed by atoms with E-state index in [4.69, 9.17) is 0 Å². The standard InChI is InChI=1S/C32H46N4O4/c1-21(2)9-5-6-10-22-12-14-26-30-24(20-33-34-28-15-13-23(35(37)38)19-29(28)36(39)40)25-11-7-8-17-32(25,4)27(30)16-18-31(22,26)3/h7,11,13,15,19-22,24-27,30,34H,5-6,8-10,12,14,16-18H2,1-4H3/b33-20+/t22-,24?,25?,26?,27?,30?,31+,32-/m0/s1. The maximum atomic E-state index is 11.6. The lowest BCUT2D eigenvalue weighted by Gasteiger charge is -2.50. The first kappa shape index (κ1) is 28.7. The Bertz CT molecular complexity index is 1180. The van der Waals surface area contributed by atoms with Gasteiger partial charge < -0.3 is 0 Å². The summed E-state index contributed by atoms with van der Waals surface area (Å²) in [6, 6.07) is 3.66. The second-order valence-corrected chi connectivity index (χ2v) is 14.0. The molecule has 4 aliphatic carbocycles. The van der Waals surface area contributed by atoms with Gasteiger partial charge in [0.2, 0.25) is 0 Å². The smallest absolute Gasteiger partial charge is 0.272 e. The Hall–Kier alpha value is -2.77. The van der Waals surface area contributed by atoms with E-state index < -0.39 is 9.85 Å². The lowest BCUT2D eigenvalue weighted by molar-refractivity contribution is -0.393. The van der Waals surface area contributed by atoms with Crippen molar-refractivity contribution in [3.05, 3.63) is 50.6 Å². The van der Waals surface area contributed by atoms with E-state index in [0.717, 1.165) is 24.3 Å². The van der Waals surface area contributed by atoms with Crippen LogP contribution in [0.2, 0.25) is 0 Å². The van der Waals surface area contributed by atoms with Crippen LogP contribution in [0.5, 0.6) is 0 Å². The normalized spacial score (nSPS) is 36.4. The summed E-state index contributed by atoms with van der Waals surface area (Å²) >= 11 is 0. The highest BCUT2D eigenvalue weighted by molar-refractivity contribution is 5.69. The summed E-state index contributed by atoms with van der Waals surface area (Å²) in [7, 11) is 0. The molecule has 218 valence electrons. The van der Waals surface area contributed by atoms with Crippen LogP contribution >= 0.6 is 0 Å². The molecule has 40 heavy (non-hydrogen) atoms. The van der Waals surface area contributed by atoms with Crippen molar-refractivity contribution < 1.29 is 9.85 Å². The van der Waals surface area contributed by atoms with Gasteiger partial charge in [-0.1, -0.05) is 59.1 Å². The van der Waals surface area contributed by atoms with Gasteiger partial charge in [0.05, 0.1) is 15.9 Å². The van der Waals surface area contributed by atoms with Crippen LogP contribution in [0.25, 0.3) is 0 Å². The molecule has 8 atom stereocenters. The van der Waals surface area contributed by atoms with Crippen LogP contribution in [0.15, 0.2) is 35.5 Å². The van der Waals surface area contributed by atoms with Gasteiger partial charge in [-0.3, -0.25) is 25.7 Å². The molecule has 4 aliphatic rings. The minimum absolute atomic E-state index is 0.180. The molecular formula is C32H46N4O4. The highest BCUT2D eigenvalue weighted by Crippen LogP contribution is 2.70. The average molecular weight is 551 g/mol. The predicted octanol–water partition coefficient (Wildman–Crippen LogP) is 8.78. The third-order valence-electron chi connectivity index (χ3n) is 11.6. The van der Waals surface area contributed by atoms with E-state index in [-0.39, 0.29) is 28.4 Å². The van der Waals surface area contributed by atoms with E-state index in [1.54, 1.807) is 0 Å². The molecule has 8 nitrogen and oxygen atoms in total. The minimum Gasteiger partial charge on any atom is -0.272 e. The van der Waals surface area contributed by atoms with Gasteiger partial charge in [0.25, 0.3) is 5.69 Å². The zero-order valence-corrected chi connectivity index (χ0v) is 24.6. The number of benzene rings is 1. The number of unbranched alkanes of at least 4 members (excludes halogenated alkanes) is 1. The van der Waals surface area contributed by atoms with Crippen molar-refractivity contribution in [3.8, 4) is 0 Å². The first-order valence-electron chi connectivity index (χ1n) is 15.4. The van der Waals surface area contributed by atoms with Crippen LogP contribution in [-0.2, 0) is 0 Å². The molecule has 3 saturated carbocycles. The fraction of sp³-hybridized carbons (Fsp3) is 0.719. The van der Waals surface area contributed by atoms with Gasteiger partial charge >= 0.3 is 5.69 Å². The van der Waals surface area contributed by atoms with Gasteiger partial charge in [-0.2, -0.15) is 5.10 Å². The number of fused-ring (bicyclic) bond motifs is 5. The van der Waals surface area contributed by atoms with Crippen molar-refractivity contribution in [2.75, 3.05) is 5.43 Å². The number of nitro benzene ring substituents is 2. The summed E-state index contributed by atoms with van der Waals surface area (Å²) in [5.41, 5.74) is 3.07. The number of rotatable bonds is 10. The van der Waals surface area contributed by atoms with E-state index in [9.17, 15) is 20.2 Å². The second kappa shape index (κ2) is 11.2. The van der Waals surface area contributed by atoms with Gasteiger partial charge in [-0.25, -0.2) is 0 Å². The van der Waals surface area contributed by atoms with Crippen molar-refractivity contribution in [1.29, 1.82) is 0 Å². The quantitative estimate of drug-likeness (QED) is 0.103. The highest BCUT2D eigenvalue weighted by Gasteiger charge is 2.64. The molecule has 5 rings (SSSR count). The third kappa shape index (κ3) is 5.07. The summed E-state index contributed by atoms with van der Waals surface area (Å²) < 4.78 is 0. The van der Waals surface area contributed by atoms with E-state index >= 15 is 0 Å². The van der Waals surface area contributed by atoms with E-state index in [1.165, 1.54) is 69.9 Å². The zero-order valence-electron chi connectivity index (χ0n) is 24.6. The number of hydrogen-bond acceptors (Lipinski definition) is 6. The lowest BCUT2D eigenvalue weighted by Crippen LogP contribution is -2.44. The van der Waals surface area contributed by atoms with Gasteiger partial charge in [-0.05, 0) is 97.3 Å². The Morgan fingerprint density at radius 2 is 1.82 bits per heavy atom. The Labute approximate surface area is 238 Å². The molecule has 1 aromatic rings. The maximum Gasteiger partial charge on any atom is 0.301 e. The third-order valence-corrected chi connectivity index (χ3v) is 11.6. The van der Waals surface area contributed by atoms with Crippen LogP contribution in [0.4, 0.5) is 17.1 Å². The SMILES string of the molecule is CC(C)CCCC[C@H]1CCC2C3C(/C=N/Nc4ccc([N+](=O)[O-])cc4[N+](=O)[O-])C4C=CCC[C@]4(C)C3CC[C@@]21C. The number of nitrogens with one attached hydrogen (secondary N) is 1. The minimum atomic E-state index is -0.617. The van der Waals surface area contributed by atoms with Crippen molar-refractivity contribution >= 4 is 23.3 Å². The van der Waals surface area contributed by atoms with Crippen LogP contribution in [-0.4, -0.2) is 16.1 Å². The number of hydrogen-bond donors (Lipinski definition) is 1. The summed E-state index contributed by atoms with van der Waals surface area (Å²) in [5, 5.41) is 27.4. The zero-order chi connectivity index (χ0) is 28.7. The Kier molecular flexibility index (Phi) is 8.08. The fourth-order valence-corrected chi connectivity index (χ4v) is 9.55. The number of non-ortho nitro benzene ring substituents is 1. The molecule has 8 heteroatoms. The molecule has 0 aliphatic heterocycles. The first-order chi connectivity index (χ1) is 19.1. The molecule has 1 aromatic carbocycles. The van der Waals surface area contributed by atoms with Crippen molar-refractivity contribution in [2.45, 2.75) is 91.9 Å². The van der Waals surface area contributed by atoms with Crippen molar-refractivity contribution in [1.82, 2.24) is 0 Å². The molecule has 0 saturated heterocycles. The lowest BCUT2D eigenvalue weighted by atomic mass is 9.54. The van der Waals surface area contributed by atoms with Gasteiger partial charge in [0.1, 0.15) is 5.69 Å². The molecule has 3 fully saturated rings. The topological polar surface area (TPSA) is 111 Å². The number of anilines is 1. The van der Waals surface area contributed by atoms with Crippen LogP contribution < -0.4 is 5.43 Å². The predicted molar refractivity (Wildman–Crippen MR) is 159 cm³/mol. The van der Waals surface area contributed by atoms with Crippen LogP contribution in [0.3, 0.4) is 0 Å². The summed E-state index contributed by atoms with van der Waals surface area (Å²) in [4.78, 5) is 21.6. The molecular weight excluding hydrogens is 504 g/mol. The Balaban J connectivity index is 1.39. The highest BCUT2D eigenvalue weighted by atomic mass is 16.6. The monoisotopic (exact) mass is 550 g/mol. The van der Waals surface area contributed by atoms with Crippen molar-refractivity contribution in [2.24, 2.45) is 57.4 Å². The van der Waals surface area contributed by atoms with E-state index in [2.05, 4.69) is 50.4 Å². The molecule has 0 spiro atoms. The van der Waals surface area contributed by atoms with E-state index in [1.807, 2.05) is 6.21 Å². The molecule has 5 unspecified atom stereocenters. The molecule has 0 bridgehead atoms. The number of hydrazone groups is 1. The largest absolute Gasteiger partial charge is 0.301 e. The molecule has 0 amide bonds. The number of allylic oxidation sites excluding steroid dienone is 2. The first-order valence-corrected chi connectivity index (χ1v) is 15.4. The Morgan fingerprint density at radius 1 is 1.05 bits per heavy atom.